The molecule has 0 aromatic carbocycles. The molecule has 1 amide bonds. The van der Waals surface area contributed by atoms with Crippen molar-refractivity contribution >= 4 is 5.91 Å². The lowest BCUT2D eigenvalue weighted by Crippen LogP contribution is -2.65. The van der Waals surface area contributed by atoms with Gasteiger partial charge >= 0.3 is 0 Å². The first-order chi connectivity index (χ1) is 43.1. The number of amides is 1. The van der Waals surface area contributed by atoms with E-state index in [2.05, 4.69) is 67.8 Å². The van der Waals surface area contributed by atoms with E-state index in [1.807, 2.05) is 6.08 Å². The first-order valence-electron chi connectivity index (χ1n) is 36.5. The van der Waals surface area contributed by atoms with E-state index in [4.69, 9.17) is 18.9 Å². The van der Waals surface area contributed by atoms with Gasteiger partial charge in [-0.3, -0.25) is 4.79 Å². The van der Waals surface area contributed by atoms with E-state index in [0.717, 1.165) is 51.4 Å². The highest BCUT2D eigenvalue weighted by Gasteiger charge is 2.51. The van der Waals surface area contributed by atoms with E-state index >= 15 is 0 Å². The molecule has 2 saturated heterocycles. The van der Waals surface area contributed by atoms with Crippen LogP contribution in [-0.4, -0.2) is 140 Å². The zero-order valence-corrected chi connectivity index (χ0v) is 56.0. The van der Waals surface area contributed by atoms with E-state index in [1.54, 1.807) is 6.08 Å². The Labute approximate surface area is 536 Å². The van der Waals surface area contributed by atoms with Gasteiger partial charge in [-0.2, -0.15) is 0 Å². The van der Waals surface area contributed by atoms with Crippen molar-refractivity contribution in [3.8, 4) is 0 Å². The second-order valence-electron chi connectivity index (χ2n) is 25.7. The smallest absolute Gasteiger partial charge is 0.220 e. The van der Waals surface area contributed by atoms with E-state index in [1.165, 1.54) is 225 Å². The molecule has 2 fully saturated rings. The predicted octanol–water partition coefficient (Wildman–Crippen LogP) is 15.2. The highest BCUT2D eigenvalue weighted by Crippen LogP contribution is 2.30. The minimum absolute atomic E-state index is 0.249. The van der Waals surface area contributed by atoms with Crippen molar-refractivity contribution in [2.75, 3.05) is 19.8 Å². The van der Waals surface area contributed by atoms with Crippen molar-refractivity contribution in [3.05, 3.63) is 60.8 Å². The minimum Gasteiger partial charge on any atom is -0.394 e. The third kappa shape index (κ3) is 42.0. The van der Waals surface area contributed by atoms with E-state index in [9.17, 15) is 45.6 Å². The van der Waals surface area contributed by atoms with Crippen LogP contribution in [0.5, 0.6) is 0 Å². The lowest BCUT2D eigenvalue weighted by Gasteiger charge is -2.46. The number of aliphatic hydroxyl groups excluding tert-OH is 8. The molecule has 12 atom stereocenters. The normalized spacial score (nSPS) is 23.5. The second kappa shape index (κ2) is 58.5. The summed E-state index contributed by atoms with van der Waals surface area (Å²) in [6.45, 7) is 2.80. The molecule has 0 aromatic rings. The average molecular weight is 1250 g/mol. The maximum Gasteiger partial charge on any atom is 0.220 e. The van der Waals surface area contributed by atoms with Crippen LogP contribution in [0.15, 0.2) is 60.8 Å². The molecule has 0 saturated carbocycles. The van der Waals surface area contributed by atoms with Crippen molar-refractivity contribution in [3.63, 3.8) is 0 Å². The SMILES string of the molecule is CCCCCCC/C=C\C/C=C\CCCCCCCCCCCCCCCCCCCCCC(=O)NC(COC1OC(CO)C(OC2OC(CO)C(O)C(O)C2O)C(O)C1O)C(O)/C=C/CC/C=C/CC/C=C/CCCCCCCCCCCCCCC. The first-order valence-corrected chi connectivity index (χ1v) is 36.5. The molecule has 2 aliphatic rings. The molecular weight excluding hydrogens is 1110 g/mol. The molecule has 12 unspecified atom stereocenters. The number of hydrogen-bond acceptors (Lipinski definition) is 13. The quantitative estimate of drug-likeness (QED) is 0.0204. The van der Waals surface area contributed by atoms with E-state index < -0.39 is 86.8 Å². The van der Waals surface area contributed by atoms with Crippen molar-refractivity contribution < 1.29 is 64.6 Å². The number of carbonyl (C=O) groups is 1. The Morgan fingerprint density at radius 2 is 0.761 bits per heavy atom. The van der Waals surface area contributed by atoms with Crippen molar-refractivity contribution in [2.24, 2.45) is 0 Å². The molecular formula is C74H135NO13. The maximum absolute atomic E-state index is 13.3. The van der Waals surface area contributed by atoms with Crippen molar-refractivity contribution in [2.45, 2.75) is 383 Å². The number of carbonyl (C=O) groups excluding carboxylic acids is 1. The van der Waals surface area contributed by atoms with E-state index in [-0.39, 0.29) is 18.9 Å². The third-order valence-corrected chi connectivity index (χ3v) is 17.7. The zero-order chi connectivity index (χ0) is 63.8. The van der Waals surface area contributed by atoms with Crippen LogP contribution in [0.1, 0.15) is 309 Å². The van der Waals surface area contributed by atoms with Gasteiger partial charge in [0.15, 0.2) is 12.6 Å². The first kappa shape index (κ1) is 81.8. The monoisotopic (exact) mass is 1250 g/mol. The third-order valence-electron chi connectivity index (χ3n) is 17.7. The number of nitrogens with one attached hydrogen (secondary N) is 1. The summed E-state index contributed by atoms with van der Waals surface area (Å²) in [7, 11) is 0. The Morgan fingerprint density at radius 3 is 1.18 bits per heavy atom. The van der Waals surface area contributed by atoms with Gasteiger partial charge in [-0.05, 0) is 77.0 Å². The van der Waals surface area contributed by atoms with Crippen LogP contribution in [-0.2, 0) is 23.7 Å². The Morgan fingerprint density at radius 1 is 0.409 bits per heavy atom. The summed E-state index contributed by atoms with van der Waals surface area (Å²) >= 11 is 0. The van der Waals surface area contributed by atoms with Crippen LogP contribution >= 0.6 is 0 Å². The fourth-order valence-electron chi connectivity index (χ4n) is 11.8. The molecule has 14 heteroatoms. The Bertz CT molecular complexity index is 1710. The molecule has 514 valence electrons. The maximum atomic E-state index is 13.3. The molecule has 14 nitrogen and oxygen atoms in total. The van der Waals surface area contributed by atoms with Gasteiger partial charge < -0.3 is 65.1 Å². The predicted molar refractivity (Wildman–Crippen MR) is 360 cm³/mol. The number of allylic oxidation sites excluding steroid dienone is 9. The number of rotatable bonds is 60. The van der Waals surface area contributed by atoms with Gasteiger partial charge in [0.1, 0.15) is 48.8 Å². The average Bonchev–Trinajstić information content (AvgIpc) is 3.10. The molecule has 9 N–H and O–H groups in total. The fourth-order valence-corrected chi connectivity index (χ4v) is 11.8. The van der Waals surface area contributed by atoms with Crippen LogP contribution in [0.2, 0.25) is 0 Å². The Hall–Kier alpha value is -2.31. The van der Waals surface area contributed by atoms with Crippen LogP contribution in [0.3, 0.4) is 0 Å². The summed E-state index contributed by atoms with van der Waals surface area (Å²) in [5.41, 5.74) is 0. The standard InChI is InChI=1S/C74H135NO13/c1-3-5-7-9-11-13-15-17-19-21-23-25-27-28-29-30-31-32-33-34-36-38-40-42-44-46-48-50-52-54-56-58-66(79)75-62(61-85-73-71(84)69(82)72(65(60-77)87-73)88-74-70(83)68(81)67(80)64(59-76)86-74)63(78)57-55-53-51-49-47-45-43-41-39-37-35-26-24-22-20-18-16-14-12-10-8-6-4-2/h15,17,21,23,39,41,47,49,55,57,62-65,67-74,76-78,80-84H,3-14,16,18-20,22,24-38,40,42-46,48,50-54,56,58-61H2,1-2H3,(H,75,79)/b17-15-,23-21-,41-39+,49-47+,57-55+. The second-order valence-corrected chi connectivity index (χ2v) is 25.7. The fraction of sp³-hybridized carbons (Fsp3) is 0.851. The highest BCUT2D eigenvalue weighted by atomic mass is 16.7. The van der Waals surface area contributed by atoms with Crippen molar-refractivity contribution in [1.29, 1.82) is 0 Å². The number of aliphatic hydroxyl groups is 8. The molecule has 88 heavy (non-hydrogen) atoms. The lowest BCUT2D eigenvalue weighted by atomic mass is 9.97. The number of ether oxygens (including phenoxy) is 4. The minimum atomic E-state index is -1.79. The van der Waals surface area contributed by atoms with Gasteiger partial charge in [0, 0.05) is 6.42 Å². The zero-order valence-electron chi connectivity index (χ0n) is 56.0. The van der Waals surface area contributed by atoms with Gasteiger partial charge in [0.25, 0.3) is 0 Å². The molecule has 0 radical (unpaired) electrons. The summed E-state index contributed by atoms with van der Waals surface area (Å²) < 4.78 is 22.8. The summed E-state index contributed by atoms with van der Waals surface area (Å²) in [4.78, 5) is 13.3. The van der Waals surface area contributed by atoms with Gasteiger partial charge in [0.2, 0.25) is 5.91 Å². The lowest BCUT2D eigenvalue weighted by molar-refractivity contribution is -0.359. The van der Waals surface area contributed by atoms with Crippen LogP contribution in [0, 0.1) is 0 Å². The van der Waals surface area contributed by atoms with Crippen molar-refractivity contribution in [1.82, 2.24) is 5.32 Å². The molecule has 0 aromatic heterocycles. The largest absolute Gasteiger partial charge is 0.394 e. The summed E-state index contributed by atoms with van der Waals surface area (Å²) in [6, 6.07) is -0.940. The molecule has 2 rings (SSSR count). The topological polar surface area (TPSA) is 228 Å². The summed E-state index contributed by atoms with van der Waals surface area (Å²) in [6.07, 6.45) is 61.4. The number of hydrogen-bond donors (Lipinski definition) is 9. The molecule has 0 aliphatic carbocycles. The summed E-state index contributed by atoms with van der Waals surface area (Å²) in [5.74, 6) is -0.249. The molecule has 2 heterocycles. The van der Waals surface area contributed by atoms with Crippen LogP contribution < -0.4 is 5.32 Å². The van der Waals surface area contributed by atoms with Crippen LogP contribution in [0.25, 0.3) is 0 Å². The molecule has 2 aliphatic heterocycles. The molecule has 0 bridgehead atoms. The van der Waals surface area contributed by atoms with E-state index in [0.29, 0.717) is 12.8 Å². The van der Waals surface area contributed by atoms with Gasteiger partial charge in [-0.25, -0.2) is 0 Å². The van der Waals surface area contributed by atoms with Crippen LogP contribution in [0.4, 0.5) is 0 Å². The Balaban J connectivity index is 1.67. The highest BCUT2D eigenvalue weighted by molar-refractivity contribution is 5.76. The Kier molecular flexibility index (Phi) is 54.4. The molecule has 0 spiro atoms. The van der Waals surface area contributed by atoms with Gasteiger partial charge in [0.05, 0.1) is 32.0 Å². The van der Waals surface area contributed by atoms with Gasteiger partial charge in [-0.1, -0.05) is 286 Å². The summed E-state index contributed by atoms with van der Waals surface area (Å²) in [5, 5.41) is 87.4. The van der Waals surface area contributed by atoms with Gasteiger partial charge in [-0.15, -0.1) is 0 Å². The number of unbranched alkanes of at least 4 members (excludes halogenated alkanes) is 39.